The third kappa shape index (κ3) is 3.15. The van der Waals surface area contributed by atoms with Crippen LogP contribution in [0, 0.1) is 5.92 Å². The van der Waals surface area contributed by atoms with Crippen LogP contribution < -0.4 is 5.32 Å². The average Bonchev–Trinajstić information content (AvgIpc) is 2.94. The number of fused-ring (bicyclic) bond motifs is 1. The fourth-order valence-corrected chi connectivity index (χ4v) is 4.72. The van der Waals surface area contributed by atoms with Crippen molar-refractivity contribution >= 4 is 17.1 Å². The van der Waals surface area contributed by atoms with Crippen molar-refractivity contribution in [3.05, 3.63) is 21.9 Å². The Hall–Kier alpha value is -0.670. The lowest BCUT2D eigenvalue weighted by Gasteiger charge is -2.40. The number of ketones is 1. The molecule has 1 aromatic rings. The van der Waals surface area contributed by atoms with Crippen LogP contribution >= 0.6 is 11.3 Å². The molecule has 2 aliphatic rings. The van der Waals surface area contributed by atoms with Crippen molar-refractivity contribution in [1.29, 1.82) is 0 Å². The van der Waals surface area contributed by atoms with Gasteiger partial charge >= 0.3 is 0 Å². The van der Waals surface area contributed by atoms with Crippen molar-refractivity contribution in [2.45, 2.75) is 70.4 Å². The topological polar surface area (TPSA) is 29.1 Å². The highest BCUT2D eigenvalue weighted by Gasteiger charge is 2.34. The number of nitrogens with one attached hydrogen (secondary N) is 1. The van der Waals surface area contributed by atoms with Gasteiger partial charge < -0.3 is 5.32 Å². The minimum Gasteiger partial charge on any atom is -0.304 e. The van der Waals surface area contributed by atoms with Gasteiger partial charge in [0.15, 0.2) is 5.78 Å². The number of hydrogen-bond donors (Lipinski definition) is 1. The summed E-state index contributed by atoms with van der Waals surface area (Å²) >= 11 is 1.80. The summed E-state index contributed by atoms with van der Waals surface area (Å²) < 4.78 is 0. The molecular weight excluding hydrogens is 266 g/mol. The number of aryl methyl sites for hydroxylation is 1. The van der Waals surface area contributed by atoms with Crippen LogP contribution in [0.2, 0.25) is 0 Å². The Morgan fingerprint density at radius 1 is 1.20 bits per heavy atom. The van der Waals surface area contributed by atoms with E-state index in [1.807, 2.05) is 0 Å². The van der Waals surface area contributed by atoms with Gasteiger partial charge in [-0.05, 0) is 50.2 Å². The van der Waals surface area contributed by atoms with Crippen LogP contribution in [0.4, 0.5) is 0 Å². The van der Waals surface area contributed by atoms with Crippen LogP contribution in [0.1, 0.15) is 55.2 Å². The van der Waals surface area contributed by atoms with E-state index >= 15 is 0 Å². The van der Waals surface area contributed by atoms with E-state index in [2.05, 4.69) is 24.4 Å². The van der Waals surface area contributed by atoms with Crippen molar-refractivity contribution in [1.82, 2.24) is 5.32 Å². The number of piperidine rings is 1. The predicted molar refractivity (Wildman–Crippen MR) is 84.3 cm³/mol. The minimum atomic E-state index is 0.113. The van der Waals surface area contributed by atoms with Crippen molar-refractivity contribution in [2.24, 2.45) is 5.92 Å². The number of hydrogen-bond acceptors (Lipinski definition) is 3. The Morgan fingerprint density at radius 2 is 2.00 bits per heavy atom. The quantitative estimate of drug-likeness (QED) is 0.915. The number of carbonyl (C=O) groups is 1. The molecule has 110 valence electrons. The first-order valence-corrected chi connectivity index (χ1v) is 8.94. The smallest absolute Gasteiger partial charge is 0.154 e. The molecule has 1 N–H and O–H groups in total. The molecule has 0 radical (unpaired) electrons. The largest absolute Gasteiger partial charge is 0.304 e. The standard InChI is InChI=1S/C17H25NOS/c1-2-13-8-9-14(20-13)11-17(19)16-10-7-12-5-3-4-6-15(12)18-16/h8-9,12,15-16,18H,2-7,10-11H2,1H3. The Labute approximate surface area is 126 Å². The van der Waals surface area contributed by atoms with Gasteiger partial charge in [0.05, 0.1) is 6.04 Å². The molecule has 3 heteroatoms. The molecule has 1 aliphatic carbocycles. The molecule has 1 aliphatic heterocycles. The lowest BCUT2D eigenvalue weighted by molar-refractivity contribution is -0.121. The first-order chi connectivity index (χ1) is 9.76. The highest BCUT2D eigenvalue weighted by Crippen LogP contribution is 2.32. The Kier molecular flexibility index (Phi) is 4.57. The fourth-order valence-electron chi connectivity index (χ4n) is 3.75. The lowest BCUT2D eigenvalue weighted by Crippen LogP contribution is -2.52. The first kappa shape index (κ1) is 14.3. The van der Waals surface area contributed by atoms with Crippen molar-refractivity contribution in [3.8, 4) is 0 Å². The van der Waals surface area contributed by atoms with Gasteiger partial charge in [0.2, 0.25) is 0 Å². The van der Waals surface area contributed by atoms with E-state index in [1.165, 1.54) is 41.9 Å². The van der Waals surface area contributed by atoms with Crippen LogP contribution in [0.15, 0.2) is 12.1 Å². The molecule has 0 aromatic carbocycles. The van der Waals surface area contributed by atoms with Gasteiger partial charge in [-0.1, -0.05) is 19.8 Å². The number of thiophene rings is 1. The molecule has 0 spiro atoms. The third-order valence-electron chi connectivity index (χ3n) is 4.95. The SMILES string of the molecule is CCc1ccc(CC(=O)C2CCC3CCCCC3N2)s1. The van der Waals surface area contributed by atoms with E-state index < -0.39 is 0 Å². The zero-order valence-corrected chi connectivity index (χ0v) is 13.2. The Balaban J connectivity index is 1.57. The summed E-state index contributed by atoms with van der Waals surface area (Å²) in [6, 6.07) is 5.02. The molecule has 1 aromatic heterocycles. The summed E-state index contributed by atoms with van der Waals surface area (Å²) in [4.78, 5) is 15.1. The predicted octanol–water partition coefficient (Wildman–Crippen LogP) is 3.73. The fraction of sp³-hybridized carbons (Fsp3) is 0.706. The van der Waals surface area contributed by atoms with Crippen molar-refractivity contribution < 1.29 is 4.79 Å². The van der Waals surface area contributed by atoms with E-state index in [4.69, 9.17) is 0 Å². The molecule has 3 unspecified atom stereocenters. The van der Waals surface area contributed by atoms with Gasteiger partial charge in [-0.15, -0.1) is 11.3 Å². The first-order valence-electron chi connectivity index (χ1n) is 8.12. The third-order valence-corrected chi connectivity index (χ3v) is 6.18. The summed E-state index contributed by atoms with van der Waals surface area (Å²) in [7, 11) is 0. The molecule has 1 saturated carbocycles. The van der Waals surface area contributed by atoms with Gasteiger partial charge in [-0.25, -0.2) is 0 Å². The maximum Gasteiger partial charge on any atom is 0.154 e. The Bertz CT molecular complexity index is 467. The normalized spacial score (nSPS) is 29.9. The molecule has 0 amide bonds. The van der Waals surface area contributed by atoms with Gasteiger partial charge in [0, 0.05) is 22.2 Å². The Morgan fingerprint density at radius 3 is 2.80 bits per heavy atom. The second-order valence-electron chi connectivity index (χ2n) is 6.31. The van der Waals surface area contributed by atoms with Crippen molar-refractivity contribution in [3.63, 3.8) is 0 Å². The van der Waals surface area contributed by atoms with Crippen LogP contribution in [0.25, 0.3) is 0 Å². The van der Waals surface area contributed by atoms with E-state index in [-0.39, 0.29) is 6.04 Å². The van der Waals surface area contributed by atoms with Crippen molar-refractivity contribution in [2.75, 3.05) is 0 Å². The van der Waals surface area contributed by atoms with Gasteiger partial charge in [0.25, 0.3) is 0 Å². The number of rotatable bonds is 4. The summed E-state index contributed by atoms with van der Waals surface area (Å²) in [5, 5.41) is 3.65. The molecule has 0 bridgehead atoms. The van der Waals surface area contributed by atoms with E-state index in [1.54, 1.807) is 11.3 Å². The summed E-state index contributed by atoms with van der Waals surface area (Å²) in [6.45, 7) is 2.17. The molecule has 20 heavy (non-hydrogen) atoms. The van der Waals surface area contributed by atoms with Crippen LogP contribution in [0.3, 0.4) is 0 Å². The second kappa shape index (κ2) is 6.40. The average molecular weight is 291 g/mol. The molecule has 3 rings (SSSR count). The molecular formula is C17H25NOS. The zero-order chi connectivity index (χ0) is 13.9. The zero-order valence-electron chi connectivity index (χ0n) is 12.4. The maximum absolute atomic E-state index is 12.5. The van der Waals surface area contributed by atoms with Gasteiger partial charge in [-0.2, -0.15) is 0 Å². The summed E-state index contributed by atoms with van der Waals surface area (Å²) in [5.74, 6) is 1.24. The molecule has 2 heterocycles. The van der Waals surface area contributed by atoms with Crippen LogP contribution in [0.5, 0.6) is 0 Å². The van der Waals surface area contributed by atoms with E-state index in [0.717, 1.165) is 18.8 Å². The number of Topliss-reactive ketones (excluding diaryl/α,β-unsaturated/α-hetero) is 1. The summed E-state index contributed by atoms with van der Waals surface area (Å²) in [6.07, 6.45) is 9.35. The number of carbonyl (C=O) groups excluding carboxylic acids is 1. The van der Waals surface area contributed by atoms with Gasteiger partial charge in [0.1, 0.15) is 0 Å². The monoisotopic (exact) mass is 291 g/mol. The van der Waals surface area contributed by atoms with E-state index in [9.17, 15) is 4.79 Å². The molecule has 2 nitrogen and oxygen atoms in total. The highest BCUT2D eigenvalue weighted by molar-refractivity contribution is 7.12. The highest BCUT2D eigenvalue weighted by atomic mass is 32.1. The molecule has 3 atom stereocenters. The molecule has 1 saturated heterocycles. The van der Waals surface area contributed by atoms with Crippen LogP contribution in [-0.2, 0) is 17.6 Å². The van der Waals surface area contributed by atoms with Gasteiger partial charge in [-0.3, -0.25) is 4.79 Å². The maximum atomic E-state index is 12.5. The second-order valence-corrected chi connectivity index (χ2v) is 7.57. The lowest BCUT2D eigenvalue weighted by atomic mass is 9.77. The van der Waals surface area contributed by atoms with Crippen LogP contribution in [-0.4, -0.2) is 17.9 Å². The minimum absolute atomic E-state index is 0.113. The van der Waals surface area contributed by atoms with E-state index in [0.29, 0.717) is 18.2 Å². The molecule has 2 fully saturated rings. The summed E-state index contributed by atoms with van der Waals surface area (Å²) in [5.41, 5.74) is 0.